The van der Waals surface area contributed by atoms with Crippen molar-refractivity contribution in [2.75, 3.05) is 13.1 Å². The molecule has 94 valence electrons. The molecule has 0 spiro atoms. The van der Waals surface area contributed by atoms with Gasteiger partial charge in [-0.3, -0.25) is 9.78 Å². The molecule has 2 N–H and O–H groups in total. The average molecular weight is 235 g/mol. The number of nitrogens with two attached hydrogens (primary N) is 1. The van der Waals surface area contributed by atoms with E-state index in [1.165, 1.54) is 0 Å². The number of hydrogen-bond donors (Lipinski definition) is 1. The Hall–Kier alpha value is -1.42. The van der Waals surface area contributed by atoms with Gasteiger partial charge >= 0.3 is 0 Å². The SMILES string of the molecule is CC(C)CN(Cc1ccncc1)C(=O)CCN. The summed E-state index contributed by atoms with van der Waals surface area (Å²) in [7, 11) is 0. The van der Waals surface area contributed by atoms with Gasteiger partial charge in [-0.1, -0.05) is 13.8 Å². The Bertz CT molecular complexity index is 338. The van der Waals surface area contributed by atoms with Crippen LogP contribution in [0.5, 0.6) is 0 Å². The fraction of sp³-hybridized carbons (Fsp3) is 0.538. The molecule has 0 saturated heterocycles. The zero-order chi connectivity index (χ0) is 12.7. The molecule has 1 aromatic heterocycles. The predicted octanol–water partition coefficient (Wildman–Crippen LogP) is 1.41. The van der Waals surface area contributed by atoms with Gasteiger partial charge in [-0.15, -0.1) is 0 Å². The second-order valence-electron chi connectivity index (χ2n) is 4.56. The van der Waals surface area contributed by atoms with Crippen LogP contribution in [-0.2, 0) is 11.3 Å². The molecule has 1 rings (SSSR count). The van der Waals surface area contributed by atoms with Gasteiger partial charge in [0.1, 0.15) is 0 Å². The van der Waals surface area contributed by atoms with Gasteiger partial charge in [0.2, 0.25) is 5.91 Å². The van der Waals surface area contributed by atoms with Crippen LogP contribution in [0.2, 0.25) is 0 Å². The third-order valence-corrected chi connectivity index (χ3v) is 2.42. The second-order valence-corrected chi connectivity index (χ2v) is 4.56. The smallest absolute Gasteiger partial charge is 0.224 e. The van der Waals surface area contributed by atoms with Crippen LogP contribution in [0.3, 0.4) is 0 Å². The molecule has 0 saturated carbocycles. The molecule has 1 aromatic rings. The number of carbonyl (C=O) groups excluding carboxylic acids is 1. The summed E-state index contributed by atoms with van der Waals surface area (Å²) in [6.45, 7) is 6.02. The number of pyridine rings is 1. The molecule has 4 heteroatoms. The molecule has 4 nitrogen and oxygen atoms in total. The molecule has 0 aliphatic heterocycles. The third-order valence-electron chi connectivity index (χ3n) is 2.42. The first-order valence-electron chi connectivity index (χ1n) is 6.00. The van der Waals surface area contributed by atoms with E-state index in [9.17, 15) is 4.79 Å². The molecular weight excluding hydrogens is 214 g/mol. The lowest BCUT2D eigenvalue weighted by atomic mass is 10.1. The number of amides is 1. The standard InChI is InChI=1S/C13H21N3O/c1-11(2)9-16(13(17)3-6-14)10-12-4-7-15-8-5-12/h4-5,7-8,11H,3,6,9-10,14H2,1-2H3. The van der Waals surface area contributed by atoms with E-state index in [1.807, 2.05) is 17.0 Å². The van der Waals surface area contributed by atoms with Crippen LogP contribution in [0.15, 0.2) is 24.5 Å². The minimum Gasteiger partial charge on any atom is -0.338 e. The van der Waals surface area contributed by atoms with Gasteiger partial charge in [0, 0.05) is 38.4 Å². The van der Waals surface area contributed by atoms with Crippen molar-refractivity contribution in [3.8, 4) is 0 Å². The van der Waals surface area contributed by atoms with Crippen molar-refractivity contribution >= 4 is 5.91 Å². The Morgan fingerprint density at radius 2 is 2.06 bits per heavy atom. The van der Waals surface area contributed by atoms with E-state index in [2.05, 4.69) is 18.8 Å². The Kier molecular flexibility index (Phi) is 5.63. The fourth-order valence-corrected chi connectivity index (χ4v) is 1.69. The van der Waals surface area contributed by atoms with Crippen LogP contribution in [-0.4, -0.2) is 28.9 Å². The van der Waals surface area contributed by atoms with Crippen LogP contribution in [0.1, 0.15) is 25.8 Å². The molecule has 0 bridgehead atoms. The van der Waals surface area contributed by atoms with Crippen molar-refractivity contribution in [2.24, 2.45) is 11.7 Å². The lowest BCUT2D eigenvalue weighted by molar-refractivity contribution is -0.132. The minimum atomic E-state index is 0.123. The molecule has 0 aliphatic carbocycles. The summed E-state index contributed by atoms with van der Waals surface area (Å²) in [6.07, 6.45) is 3.91. The highest BCUT2D eigenvalue weighted by Gasteiger charge is 2.14. The Morgan fingerprint density at radius 3 is 2.59 bits per heavy atom. The van der Waals surface area contributed by atoms with Gasteiger partial charge < -0.3 is 10.6 Å². The number of hydrogen-bond acceptors (Lipinski definition) is 3. The van der Waals surface area contributed by atoms with E-state index in [-0.39, 0.29) is 5.91 Å². The molecule has 0 unspecified atom stereocenters. The molecule has 1 amide bonds. The topological polar surface area (TPSA) is 59.2 Å². The van der Waals surface area contributed by atoms with Gasteiger partial charge in [0.15, 0.2) is 0 Å². The monoisotopic (exact) mass is 235 g/mol. The largest absolute Gasteiger partial charge is 0.338 e. The van der Waals surface area contributed by atoms with Crippen molar-refractivity contribution < 1.29 is 4.79 Å². The maximum atomic E-state index is 11.9. The maximum absolute atomic E-state index is 11.9. The average Bonchev–Trinajstić information content (AvgIpc) is 2.29. The van der Waals surface area contributed by atoms with Gasteiger partial charge in [0.25, 0.3) is 0 Å². The molecule has 0 fully saturated rings. The predicted molar refractivity (Wildman–Crippen MR) is 68.2 cm³/mol. The number of rotatable bonds is 6. The highest BCUT2D eigenvalue weighted by molar-refractivity contribution is 5.76. The Balaban J connectivity index is 2.66. The molecule has 0 aliphatic rings. The lowest BCUT2D eigenvalue weighted by Crippen LogP contribution is -2.34. The van der Waals surface area contributed by atoms with E-state index in [0.29, 0.717) is 25.4 Å². The van der Waals surface area contributed by atoms with E-state index < -0.39 is 0 Å². The second kappa shape index (κ2) is 7.01. The number of carbonyl (C=O) groups is 1. The quantitative estimate of drug-likeness (QED) is 0.811. The van der Waals surface area contributed by atoms with Crippen molar-refractivity contribution in [3.05, 3.63) is 30.1 Å². The van der Waals surface area contributed by atoms with Gasteiger partial charge in [-0.25, -0.2) is 0 Å². The van der Waals surface area contributed by atoms with Gasteiger partial charge in [-0.05, 0) is 23.6 Å². The molecule has 0 radical (unpaired) electrons. The van der Waals surface area contributed by atoms with Crippen LogP contribution in [0.25, 0.3) is 0 Å². The summed E-state index contributed by atoms with van der Waals surface area (Å²) in [5.41, 5.74) is 6.54. The first-order chi connectivity index (χ1) is 8.13. The minimum absolute atomic E-state index is 0.123. The fourth-order valence-electron chi connectivity index (χ4n) is 1.69. The first-order valence-corrected chi connectivity index (χ1v) is 6.00. The number of aromatic nitrogens is 1. The van der Waals surface area contributed by atoms with Gasteiger partial charge in [0.05, 0.1) is 0 Å². The van der Waals surface area contributed by atoms with Crippen LogP contribution in [0.4, 0.5) is 0 Å². The highest BCUT2D eigenvalue weighted by Crippen LogP contribution is 2.08. The number of nitrogens with zero attached hydrogens (tertiary/aromatic N) is 2. The first kappa shape index (κ1) is 13.6. The molecule has 0 atom stereocenters. The molecule has 0 aromatic carbocycles. The van der Waals surface area contributed by atoms with Crippen molar-refractivity contribution in [1.29, 1.82) is 0 Å². The van der Waals surface area contributed by atoms with Crippen LogP contribution >= 0.6 is 0 Å². The van der Waals surface area contributed by atoms with Crippen molar-refractivity contribution in [3.63, 3.8) is 0 Å². The van der Waals surface area contributed by atoms with E-state index in [0.717, 1.165) is 12.1 Å². The summed E-state index contributed by atoms with van der Waals surface area (Å²) in [5, 5.41) is 0. The summed E-state index contributed by atoms with van der Waals surface area (Å²) in [6, 6.07) is 3.87. The molecular formula is C13H21N3O. The normalized spacial score (nSPS) is 10.6. The summed E-state index contributed by atoms with van der Waals surface area (Å²) >= 11 is 0. The van der Waals surface area contributed by atoms with Gasteiger partial charge in [-0.2, -0.15) is 0 Å². The Morgan fingerprint density at radius 1 is 1.41 bits per heavy atom. The van der Waals surface area contributed by atoms with Crippen molar-refractivity contribution in [2.45, 2.75) is 26.8 Å². The summed E-state index contributed by atoms with van der Waals surface area (Å²) < 4.78 is 0. The lowest BCUT2D eigenvalue weighted by Gasteiger charge is -2.24. The zero-order valence-electron chi connectivity index (χ0n) is 10.6. The van der Waals surface area contributed by atoms with E-state index >= 15 is 0 Å². The van der Waals surface area contributed by atoms with E-state index in [4.69, 9.17) is 5.73 Å². The molecule has 1 heterocycles. The summed E-state index contributed by atoms with van der Waals surface area (Å²) in [5.74, 6) is 0.580. The third kappa shape index (κ3) is 4.95. The van der Waals surface area contributed by atoms with Crippen molar-refractivity contribution in [1.82, 2.24) is 9.88 Å². The summed E-state index contributed by atoms with van der Waals surface area (Å²) in [4.78, 5) is 17.8. The highest BCUT2D eigenvalue weighted by atomic mass is 16.2. The van der Waals surface area contributed by atoms with Crippen LogP contribution < -0.4 is 5.73 Å². The Labute approximate surface area is 103 Å². The molecule has 17 heavy (non-hydrogen) atoms. The van der Waals surface area contributed by atoms with E-state index in [1.54, 1.807) is 12.4 Å². The van der Waals surface area contributed by atoms with Crippen LogP contribution in [0, 0.1) is 5.92 Å². The maximum Gasteiger partial charge on any atom is 0.224 e. The zero-order valence-corrected chi connectivity index (χ0v) is 10.6.